The summed E-state index contributed by atoms with van der Waals surface area (Å²) in [5, 5.41) is 0.370. The maximum atomic E-state index is 11.9. The Morgan fingerprint density at radius 3 is 2.54 bits per heavy atom. The van der Waals surface area contributed by atoms with Crippen LogP contribution < -0.4 is 5.73 Å². The van der Waals surface area contributed by atoms with Crippen molar-refractivity contribution in [2.75, 3.05) is 5.75 Å². The van der Waals surface area contributed by atoms with Gasteiger partial charge < -0.3 is 5.73 Å². The molecule has 2 heterocycles. The first-order valence-electron chi connectivity index (χ1n) is 8.58. The summed E-state index contributed by atoms with van der Waals surface area (Å²) in [6.45, 7) is 7.33. The molecule has 0 saturated carbocycles. The van der Waals surface area contributed by atoms with E-state index in [-0.39, 0.29) is 11.8 Å². The zero-order valence-electron chi connectivity index (χ0n) is 15.1. The Kier molecular flexibility index (Phi) is 5.18. The van der Waals surface area contributed by atoms with Crippen molar-refractivity contribution >= 4 is 27.1 Å². The molecule has 0 spiro atoms. The number of nitrogens with two attached hydrogens (primary N) is 1. The predicted molar refractivity (Wildman–Crippen MR) is 102 cm³/mol. The number of amides is 1. The maximum Gasteiger partial charge on any atom is 0.277 e. The van der Waals surface area contributed by atoms with Gasteiger partial charge in [0.2, 0.25) is 0 Å². The number of rotatable bonds is 6. The van der Waals surface area contributed by atoms with Crippen LogP contribution in [0.1, 0.15) is 52.7 Å². The van der Waals surface area contributed by atoms with Gasteiger partial charge in [0, 0.05) is 18.0 Å². The van der Waals surface area contributed by atoms with Crippen LogP contribution in [0.2, 0.25) is 0 Å². The number of hydrogen-bond acceptors (Lipinski definition) is 6. The summed E-state index contributed by atoms with van der Waals surface area (Å²) in [4.78, 5) is 19.6. The van der Waals surface area contributed by atoms with E-state index in [0.29, 0.717) is 22.4 Å². The molecular weight excluding hydrogens is 370 g/mol. The summed E-state index contributed by atoms with van der Waals surface area (Å²) in [5.74, 6) is -0.0490. The van der Waals surface area contributed by atoms with Crippen LogP contribution in [0.15, 0.2) is 29.2 Å². The molecule has 1 unspecified atom stereocenters. The lowest BCUT2D eigenvalue weighted by atomic mass is 10.0. The second-order valence-electron chi connectivity index (χ2n) is 6.83. The highest BCUT2D eigenvalue weighted by atomic mass is 32.2. The number of carbonyl (C=O) groups is 1. The molecule has 1 amide bonds. The van der Waals surface area contributed by atoms with Gasteiger partial charge in [-0.15, -0.1) is 11.3 Å². The molecule has 0 radical (unpaired) electrons. The molecule has 6 nitrogen and oxygen atoms in total. The minimum absolute atomic E-state index is 0.0992. The topological polar surface area (TPSA) is 93.4 Å². The zero-order valence-corrected chi connectivity index (χ0v) is 16.7. The normalized spacial score (nSPS) is 17.6. The molecule has 8 heteroatoms. The van der Waals surface area contributed by atoms with Gasteiger partial charge in [0.1, 0.15) is 0 Å². The molecular formula is C18H23N3O3S2. The number of hydrogen-bond donors (Lipinski definition) is 1. The summed E-state index contributed by atoms with van der Waals surface area (Å²) in [7, 11) is -3.18. The Bertz CT molecular complexity index is 918. The van der Waals surface area contributed by atoms with Crippen LogP contribution in [0.3, 0.4) is 0 Å². The Balaban J connectivity index is 1.81. The van der Waals surface area contributed by atoms with Gasteiger partial charge in [-0.3, -0.25) is 9.69 Å². The fourth-order valence-electron chi connectivity index (χ4n) is 3.36. The second kappa shape index (κ2) is 7.09. The summed E-state index contributed by atoms with van der Waals surface area (Å²) >= 11 is 1.37. The molecule has 140 valence electrons. The minimum atomic E-state index is -3.18. The van der Waals surface area contributed by atoms with Crippen molar-refractivity contribution in [3.05, 3.63) is 45.4 Å². The molecule has 26 heavy (non-hydrogen) atoms. The molecule has 3 rings (SSSR count). The molecule has 0 saturated heterocycles. The fourth-order valence-corrected chi connectivity index (χ4v) is 5.23. The number of primary amides is 1. The molecule has 2 N–H and O–H groups in total. The number of carbonyl (C=O) groups excluding carboxylic acids is 1. The van der Waals surface area contributed by atoms with Gasteiger partial charge in [0.25, 0.3) is 5.91 Å². The number of benzene rings is 1. The van der Waals surface area contributed by atoms with E-state index in [0.717, 1.165) is 22.7 Å². The van der Waals surface area contributed by atoms with E-state index in [9.17, 15) is 13.2 Å². The second-order valence-corrected chi connectivity index (χ2v) is 10.2. The summed E-state index contributed by atoms with van der Waals surface area (Å²) in [6, 6.07) is 7.21. The molecule has 1 aromatic heterocycles. The molecule has 0 aliphatic carbocycles. The van der Waals surface area contributed by atoms with Crippen LogP contribution in [-0.2, 0) is 22.9 Å². The zero-order chi connectivity index (χ0) is 19.1. The van der Waals surface area contributed by atoms with Gasteiger partial charge >= 0.3 is 0 Å². The summed E-state index contributed by atoms with van der Waals surface area (Å²) < 4.78 is 23.9. The smallest absolute Gasteiger partial charge is 0.277 e. The molecule has 0 fully saturated rings. The first kappa shape index (κ1) is 19.0. The molecule has 1 aromatic carbocycles. The largest absolute Gasteiger partial charge is 0.364 e. The van der Waals surface area contributed by atoms with Crippen molar-refractivity contribution in [2.45, 2.75) is 44.8 Å². The van der Waals surface area contributed by atoms with Crippen LogP contribution in [0.25, 0.3) is 0 Å². The van der Waals surface area contributed by atoms with Crippen molar-refractivity contribution in [3.8, 4) is 0 Å². The van der Waals surface area contributed by atoms with Crippen molar-refractivity contribution < 1.29 is 13.2 Å². The summed E-state index contributed by atoms with van der Waals surface area (Å²) in [5.41, 5.74) is 7.36. The lowest BCUT2D eigenvalue weighted by Crippen LogP contribution is -2.26. The van der Waals surface area contributed by atoms with Crippen LogP contribution in [0.5, 0.6) is 0 Å². The predicted octanol–water partition coefficient (Wildman–Crippen LogP) is 2.75. The van der Waals surface area contributed by atoms with Crippen molar-refractivity contribution in [2.24, 2.45) is 11.7 Å². The number of fused-ring (bicyclic) bond motifs is 1. The lowest BCUT2D eigenvalue weighted by molar-refractivity contribution is 0.0998. The molecule has 1 aliphatic heterocycles. The molecule has 0 bridgehead atoms. The summed E-state index contributed by atoms with van der Waals surface area (Å²) in [6.07, 6.45) is 0. The van der Waals surface area contributed by atoms with Crippen molar-refractivity contribution in [1.82, 2.24) is 9.88 Å². The quantitative estimate of drug-likeness (QED) is 0.814. The van der Waals surface area contributed by atoms with Crippen LogP contribution in [-0.4, -0.2) is 30.0 Å². The standard InChI is InChI=1S/C18H23N3O3S2/c1-4-26(23,24)13-7-5-12(6-8-13)9-21-10-14-15(16(21)11(2)3)20-18(25-14)17(19)22/h5-8,11,16H,4,9-10H2,1-3H3,(H2,19,22). The fraction of sp³-hybridized carbons (Fsp3) is 0.444. The lowest BCUT2D eigenvalue weighted by Gasteiger charge is -2.27. The van der Waals surface area contributed by atoms with E-state index >= 15 is 0 Å². The third kappa shape index (κ3) is 3.54. The highest BCUT2D eigenvalue weighted by Gasteiger charge is 2.36. The monoisotopic (exact) mass is 393 g/mol. The average molecular weight is 394 g/mol. The van der Waals surface area contributed by atoms with E-state index in [2.05, 4.69) is 23.7 Å². The van der Waals surface area contributed by atoms with Gasteiger partial charge in [-0.1, -0.05) is 32.9 Å². The highest BCUT2D eigenvalue weighted by Crippen LogP contribution is 2.41. The first-order valence-corrected chi connectivity index (χ1v) is 11.0. The van der Waals surface area contributed by atoms with Crippen molar-refractivity contribution in [1.29, 1.82) is 0 Å². The van der Waals surface area contributed by atoms with E-state index < -0.39 is 15.7 Å². The molecule has 2 aromatic rings. The van der Waals surface area contributed by atoms with Gasteiger partial charge in [-0.05, 0) is 23.6 Å². The average Bonchev–Trinajstić information content (AvgIpc) is 3.12. The van der Waals surface area contributed by atoms with Gasteiger partial charge in [-0.2, -0.15) is 0 Å². The third-order valence-corrected chi connectivity index (χ3v) is 7.46. The first-order chi connectivity index (χ1) is 12.2. The third-order valence-electron chi connectivity index (χ3n) is 4.64. The Labute approximate surface area is 158 Å². The number of aromatic nitrogens is 1. The van der Waals surface area contributed by atoms with Gasteiger partial charge in [0.15, 0.2) is 14.8 Å². The molecule has 1 atom stereocenters. The maximum absolute atomic E-state index is 11.9. The highest BCUT2D eigenvalue weighted by molar-refractivity contribution is 7.91. The van der Waals surface area contributed by atoms with Crippen LogP contribution in [0.4, 0.5) is 0 Å². The molecule has 1 aliphatic rings. The number of sulfone groups is 1. The minimum Gasteiger partial charge on any atom is -0.364 e. The van der Waals surface area contributed by atoms with E-state index in [1.165, 1.54) is 11.3 Å². The Morgan fingerprint density at radius 1 is 1.35 bits per heavy atom. The van der Waals surface area contributed by atoms with E-state index in [4.69, 9.17) is 5.73 Å². The number of nitrogens with zero attached hydrogens (tertiary/aromatic N) is 2. The SMILES string of the molecule is CCS(=O)(=O)c1ccc(CN2Cc3sc(C(N)=O)nc3C2C(C)C)cc1. The number of thiazole rings is 1. The van der Waals surface area contributed by atoms with E-state index in [1.807, 2.05) is 12.1 Å². The van der Waals surface area contributed by atoms with Crippen LogP contribution >= 0.6 is 11.3 Å². The van der Waals surface area contributed by atoms with Gasteiger partial charge in [-0.25, -0.2) is 13.4 Å². The Hall–Kier alpha value is -1.77. The van der Waals surface area contributed by atoms with E-state index in [1.54, 1.807) is 19.1 Å². The van der Waals surface area contributed by atoms with Crippen LogP contribution in [0, 0.1) is 5.92 Å². The van der Waals surface area contributed by atoms with Crippen molar-refractivity contribution in [3.63, 3.8) is 0 Å². The van der Waals surface area contributed by atoms with Gasteiger partial charge in [0.05, 0.1) is 22.4 Å². The Morgan fingerprint density at radius 2 is 2.00 bits per heavy atom.